The van der Waals surface area contributed by atoms with Gasteiger partial charge in [-0.3, -0.25) is 24.6 Å². The fourth-order valence-electron chi connectivity index (χ4n) is 8.96. The van der Waals surface area contributed by atoms with E-state index in [9.17, 15) is 9.59 Å². The van der Waals surface area contributed by atoms with E-state index in [0.29, 0.717) is 36.7 Å². The van der Waals surface area contributed by atoms with Crippen LogP contribution in [-0.4, -0.2) is 107 Å². The minimum absolute atomic E-state index is 0.247. The van der Waals surface area contributed by atoms with Crippen LogP contribution in [0.3, 0.4) is 0 Å². The molecule has 10 rings (SSSR count). The average molecular weight is 793 g/mol. The van der Waals surface area contributed by atoms with Gasteiger partial charge in [0, 0.05) is 118 Å². The number of nitrogens with zero attached hydrogens (tertiary/aromatic N) is 9. The van der Waals surface area contributed by atoms with Gasteiger partial charge in [0.15, 0.2) is 5.82 Å². The highest BCUT2D eigenvalue weighted by Gasteiger charge is 2.29. The summed E-state index contributed by atoms with van der Waals surface area (Å²) in [6, 6.07) is 20.8. The summed E-state index contributed by atoms with van der Waals surface area (Å²) in [6.45, 7) is 11.1. The van der Waals surface area contributed by atoms with Crippen LogP contribution in [0, 0.1) is 12.8 Å². The minimum Gasteiger partial charge on any atom is -0.474 e. The van der Waals surface area contributed by atoms with Gasteiger partial charge in [-0.15, -0.1) is 0 Å². The number of benzene rings is 3. The van der Waals surface area contributed by atoms with Crippen LogP contribution in [0.1, 0.15) is 24.8 Å². The van der Waals surface area contributed by atoms with Crippen molar-refractivity contribution in [2.75, 3.05) is 90.8 Å². The zero-order valence-electron chi connectivity index (χ0n) is 33.4. The molecule has 0 unspecified atom stereocenters. The molecule has 15 heteroatoms. The summed E-state index contributed by atoms with van der Waals surface area (Å²) in [5.74, 6) is 2.26. The number of piperazine rings is 1. The Labute approximate surface area is 342 Å². The first-order valence-electron chi connectivity index (χ1n) is 20.6. The van der Waals surface area contributed by atoms with Crippen LogP contribution in [0.4, 0.5) is 39.3 Å². The Kier molecular flexibility index (Phi) is 9.59. The van der Waals surface area contributed by atoms with Gasteiger partial charge in [0.05, 0.1) is 11.0 Å². The highest BCUT2D eigenvalue weighted by molar-refractivity contribution is 6.09. The summed E-state index contributed by atoms with van der Waals surface area (Å²) in [7, 11) is 1.90. The summed E-state index contributed by atoms with van der Waals surface area (Å²) in [5, 5.41) is 15.8. The number of aromatic nitrogens is 5. The summed E-state index contributed by atoms with van der Waals surface area (Å²) in [4.78, 5) is 47.3. The van der Waals surface area contributed by atoms with Gasteiger partial charge in [-0.25, -0.2) is 19.7 Å². The van der Waals surface area contributed by atoms with Crippen molar-refractivity contribution in [2.45, 2.75) is 26.2 Å². The molecule has 3 N–H and O–H groups in total. The van der Waals surface area contributed by atoms with Crippen LogP contribution in [0.15, 0.2) is 73.1 Å². The molecule has 302 valence electrons. The molecule has 0 aliphatic carbocycles. The lowest BCUT2D eigenvalue weighted by Gasteiger charge is -2.40. The van der Waals surface area contributed by atoms with Crippen LogP contribution >= 0.6 is 0 Å². The quantitative estimate of drug-likeness (QED) is 0.168. The maximum Gasteiger partial charge on any atom is 0.329 e. The zero-order valence-corrected chi connectivity index (χ0v) is 33.4. The van der Waals surface area contributed by atoms with Gasteiger partial charge in [0.25, 0.3) is 0 Å². The zero-order chi connectivity index (χ0) is 40.0. The van der Waals surface area contributed by atoms with Crippen molar-refractivity contribution in [1.82, 2.24) is 34.9 Å². The van der Waals surface area contributed by atoms with Crippen molar-refractivity contribution < 1.29 is 14.3 Å². The van der Waals surface area contributed by atoms with Crippen LogP contribution in [0.2, 0.25) is 0 Å². The summed E-state index contributed by atoms with van der Waals surface area (Å²) >= 11 is 0. The van der Waals surface area contributed by atoms with E-state index < -0.39 is 6.03 Å². The van der Waals surface area contributed by atoms with Gasteiger partial charge in [-0.05, 0) is 85.3 Å². The molecule has 4 aliphatic heterocycles. The van der Waals surface area contributed by atoms with Gasteiger partial charge in [-0.1, -0.05) is 12.1 Å². The Morgan fingerprint density at radius 3 is 2.47 bits per heavy atom. The van der Waals surface area contributed by atoms with Gasteiger partial charge < -0.3 is 25.2 Å². The molecule has 4 aliphatic rings. The van der Waals surface area contributed by atoms with Crippen LogP contribution < -0.4 is 35.4 Å². The number of carbonyl (C=O) groups is 2. The Morgan fingerprint density at radius 2 is 1.66 bits per heavy atom. The third kappa shape index (κ3) is 7.30. The van der Waals surface area contributed by atoms with E-state index in [-0.39, 0.29) is 12.3 Å². The highest BCUT2D eigenvalue weighted by Crippen LogP contribution is 2.36. The van der Waals surface area contributed by atoms with Crippen molar-refractivity contribution in [1.29, 1.82) is 0 Å². The largest absolute Gasteiger partial charge is 0.474 e. The van der Waals surface area contributed by atoms with E-state index in [1.165, 1.54) is 24.2 Å². The monoisotopic (exact) mass is 792 g/mol. The third-order valence-corrected chi connectivity index (χ3v) is 12.3. The number of anilines is 6. The van der Waals surface area contributed by atoms with Gasteiger partial charge in [0.1, 0.15) is 12.3 Å². The first-order chi connectivity index (χ1) is 28.8. The number of imide groups is 1. The van der Waals surface area contributed by atoms with Gasteiger partial charge >= 0.3 is 6.03 Å². The molecule has 7 heterocycles. The lowest BCUT2D eigenvalue weighted by atomic mass is 9.95. The number of ether oxygens (including phenoxy) is 1. The Morgan fingerprint density at radius 1 is 0.864 bits per heavy atom. The van der Waals surface area contributed by atoms with Crippen LogP contribution in [-0.2, 0) is 11.8 Å². The number of rotatable bonds is 8. The summed E-state index contributed by atoms with van der Waals surface area (Å²) in [6.07, 6.45) is 6.38. The molecule has 3 aromatic carbocycles. The third-order valence-electron chi connectivity index (χ3n) is 12.3. The van der Waals surface area contributed by atoms with E-state index in [2.05, 4.69) is 113 Å². The number of hydrogen-bond acceptors (Lipinski definition) is 12. The maximum atomic E-state index is 12.5. The molecule has 3 aromatic heterocycles. The number of piperidine rings is 1. The molecule has 0 saturated carbocycles. The number of aryl methyl sites for hydroxylation is 1. The standard InChI is InChI=1S/C44H48N12O3/c1-28-36(26-46-42-40(28)45-14-22-59-42)30-3-4-31-25-47-43(49-37(31)23-30)48-32-5-7-33(8-6-32)54-15-11-29(12-16-54)27-53-18-20-55(21-19-53)34-9-10-35-38(24-34)52(2)51-41(35)56-17-13-39(57)50-44(56)58/h3-10,23-26,29,45H,11-22,27H2,1-2H3,(H,47,48,49)(H,50,57,58). The second kappa shape index (κ2) is 15.4. The average Bonchev–Trinajstić information content (AvgIpc) is 3.59. The smallest absolute Gasteiger partial charge is 0.329 e. The van der Waals surface area contributed by atoms with E-state index in [1.54, 1.807) is 4.90 Å². The molecule has 15 nitrogen and oxygen atoms in total. The fraction of sp³-hybridized carbons (Fsp3) is 0.364. The first-order valence-corrected chi connectivity index (χ1v) is 20.6. The molecule has 0 spiro atoms. The number of pyridine rings is 1. The molecule has 0 atom stereocenters. The minimum atomic E-state index is -0.414. The van der Waals surface area contributed by atoms with E-state index in [0.717, 1.165) is 102 Å². The number of amides is 3. The van der Waals surface area contributed by atoms with Crippen LogP contribution in [0.5, 0.6) is 5.88 Å². The lowest BCUT2D eigenvalue weighted by molar-refractivity contribution is -0.120. The topological polar surface area (TPSA) is 149 Å². The van der Waals surface area contributed by atoms with E-state index in [1.807, 2.05) is 24.1 Å². The molecule has 6 aromatic rings. The maximum absolute atomic E-state index is 12.5. The second-order valence-electron chi connectivity index (χ2n) is 16.0. The Hall–Kier alpha value is -6.48. The Balaban J connectivity index is 0.711. The molecular formula is C44H48N12O3. The lowest BCUT2D eigenvalue weighted by Crippen LogP contribution is -2.49. The van der Waals surface area contributed by atoms with Crippen molar-refractivity contribution in [3.05, 3.63) is 78.6 Å². The van der Waals surface area contributed by atoms with Gasteiger partial charge in [0.2, 0.25) is 17.7 Å². The van der Waals surface area contributed by atoms with Crippen molar-refractivity contribution >= 4 is 68.3 Å². The molecule has 3 fully saturated rings. The van der Waals surface area contributed by atoms with Gasteiger partial charge in [-0.2, -0.15) is 5.10 Å². The van der Waals surface area contributed by atoms with Crippen molar-refractivity contribution in [3.63, 3.8) is 0 Å². The molecule has 0 radical (unpaired) electrons. The number of carbonyl (C=O) groups excluding carboxylic acids is 2. The predicted octanol–water partition coefficient (Wildman–Crippen LogP) is 5.92. The van der Waals surface area contributed by atoms with E-state index >= 15 is 0 Å². The second-order valence-corrected chi connectivity index (χ2v) is 16.0. The molecular weight excluding hydrogens is 745 g/mol. The van der Waals surface area contributed by atoms with Crippen molar-refractivity contribution in [2.24, 2.45) is 13.0 Å². The summed E-state index contributed by atoms with van der Waals surface area (Å²) in [5.41, 5.74) is 9.38. The number of urea groups is 1. The number of fused-ring (bicyclic) bond motifs is 3. The molecule has 3 saturated heterocycles. The Bertz CT molecular complexity index is 2560. The predicted molar refractivity (Wildman–Crippen MR) is 231 cm³/mol. The van der Waals surface area contributed by atoms with Crippen LogP contribution in [0.25, 0.3) is 32.9 Å². The first kappa shape index (κ1) is 36.8. The molecule has 59 heavy (non-hydrogen) atoms. The number of nitrogens with one attached hydrogen (secondary N) is 3. The SMILES string of the molecule is Cc1c(-c2ccc3cnc(Nc4ccc(N5CCC(CN6CCN(c7ccc8c(N9CCC(=O)NC9=O)nn(C)c8c7)CC6)CC5)cc4)nc3c2)cnc2c1NCCO2. The summed E-state index contributed by atoms with van der Waals surface area (Å²) < 4.78 is 7.55. The van der Waals surface area contributed by atoms with Crippen molar-refractivity contribution in [3.8, 4) is 17.0 Å². The molecule has 0 bridgehead atoms. The number of hydrogen-bond donors (Lipinski definition) is 3. The highest BCUT2D eigenvalue weighted by atomic mass is 16.5. The fourth-order valence-corrected chi connectivity index (χ4v) is 8.96. The molecule has 3 amide bonds. The normalized spacial score (nSPS) is 17.8. The van der Waals surface area contributed by atoms with E-state index in [4.69, 9.17) is 9.72 Å².